The van der Waals surface area contributed by atoms with Crippen molar-refractivity contribution in [2.75, 3.05) is 0 Å². The Bertz CT molecular complexity index is 67.8. The molecule has 0 rings (SSSR count). The molecule has 3 heteroatoms. The quantitative estimate of drug-likeness (QED) is 0.424. The molecule has 0 aliphatic carbocycles. The van der Waals surface area contributed by atoms with Gasteiger partial charge in [0, 0.05) is 5.41 Å². The smallest absolute Gasteiger partial charge is 0.124 e. The van der Waals surface area contributed by atoms with Crippen LogP contribution < -0.4 is 0 Å². The lowest BCUT2D eigenvalue weighted by Gasteiger charge is -1.81. The largest absolute Gasteiger partial charge is 0.512 e. The first kappa shape index (κ1) is 6.43. The topological polar surface area (TPSA) is 29.5 Å². The number of thiol groups is 1. The minimum atomic E-state index is 0.799. The van der Waals surface area contributed by atoms with Crippen molar-refractivity contribution >= 4 is 12.6 Å². The predicted octanol–water partition coefficient (Wildman–Crippen LogP) is 1.43. The number of ether oxygens (including phenoxy) is 1. The summed E-state index contributed by atoms with van der Waals surface area (Å²) in [5.74, 6) is 0. The van der Waals surface area contributed by atoms with Gasteiger partial charge in [-0.3, -0.25) is 0 Å². The van der Waals surface area contributed by atoms with Gasteiger partial charge in [0.25, 0.3) is 0 Å². The third-order valence-corrected chi connectivity index (χ3v) is 0.401. The van der Waals surface area contributed by atoms with Crippen LogP contribution in [-0.2, 0) is 4.74 Å². The van der Waals surface area contributed by atoms with Crippen LogP contribution in [0.5, 0.6) is 0 Å². The van der Waals surface area contributed by atoms with E-state index in [2.05, 4.69) is 17.4 Å². The third-order valence-electron chi connectivity index (χ3n) is 0.279. The molecule has 0 radical (unpaired) electrons. The summed E-state index contributed by atoms with van der Waals surface area (Å²) in [6.07, 6.45) is 3.26. The highest BCUT2D eigenvalue weighted by Crippen LogP contribution is 1.79. The average molecular weight is 118 g/mol. The molecule has 0 aromatic carbocycles. The standard InChI is InChI=1S/C4H6O2S/c5-1-2-6-3-4-7/h1-5,7H. The molecule has 0 spiro atoms. The normalized spacial score (nSPS) is 11.0. The van der Waals surface area contributed by atoms with Gasteiger partial charge in [-0.1, -0.05) is 0 Å². The molecule has 0 saturated carbocycles. The molecule has 0 amide bonds. The molecule has 0 atom stereocenters. The van der Waals surface area contributed by atoms with Gasteiger partial charge in [-0.25, -0.2) is 0 Å². The van der Waals surface area contributed by atoms with Crippen LogP contribution in [0.3, 0.4) is 0 Å². The van der Waals surface area contributed by atoms with Gasteiger partial charge < -0.3 is 9.84 Å². The molecular formula is C4H6O2S. The van der Waals surface area contributed by atoms with Gasteiger partial charge in [-0.05, 0) is 0 Å². The lowest BCUT2D eigenvalue weighted by molar-refractivity contribution is 0.368. The molecule has 0 unspecified atom stereocenters. The van der Waals surface area contributed by atoms with Gasteiger partial charge >= 0.3 is 0 Å². The molecule has 0 fully saturated rings. The first-order chi connectivity index (χ1) is 3.41. The second-order valence-corrected chi connectivity index (χ2v) is 1.00. The predicted molar refractivity (Wildman–Crippen MR) is 31.0 cm³/mol. The molecular weight excluding hydrogens is 112 g/mol. The molecule has 7 heavy (non-hydrogen) atoms. The second kappa shape index (κ2) is 5.43. The Morgan fingerprint density at radius 2 is 2.14 bits per heavy atom. The van der Waals surface area contributed by atoms with Crippen molar-refractivity contribution in [1.82, 2.24) is 0 Å². The van der Waals surface area contributed by atoms with Crippen LogP contribution in [-0.4, -0.2) is 5.11 Å². The van der Waals surface area contributed by atoms with Crippen LogP contribution in [0.1, 0.15) is 0 Å². The van der Waals surface area contributed by atoms with Gasteiger partial charge in [0.1, 0.15) is 12.5 Å². The fourth-order valence-corrected chi connectivity index (χ4v) is 0.186. The van der Waals surface area contributed by atoms with Gasteiger partial charge in [-0.15, -0.1) is 12.6 Å². The Labute approximate surface area is 47.5 Å². The zero-order valence-electron chi connectivity index (χ0n) is 3.61. The Balaban J connectivity index is 2.98. The van der Waals surface area contributed by atoms with Crippen LogP contribution in [0, 0.1) is 0 Å². The summed E-state index contributed by atoms with van der Waals surface area (Å²) in [5.41, 5.74) is 0. The van der Waals surface area contributed by atoms with E-state index in [1.54, 1.807) is 0 Å². The number of aliphatic hydroxyl groups excluding tert-OH is 1. The molecule has 0 aliphatic rings. The average Bonchev–Trinajstić information content (AvgIpc) is 1.69. The monoisotopic (exact) mass is 118 g/mol. The van der Waals surface area contributed by atoms with Crippen molar-refractivity contribution in [3.8, 4) is 0 Å². The number of hydrogen-bond donors (Lipinski definition) is 2. The Morgan fingerprint density at radius 3 is 2.57 bits per heavy atom. The number of rotatable bonds is 2. The van der Waals surface area contributed by atoms with Crippen LogP contribution in [0.15, 0.2) is 24.2 Å². The van der Waals surface area contributed by atoms with Crippen molar-refractivity contribution < 1.29 is 9.84 Å². The lowest BCUT2D eigenvalue weighted by Crippen LogP contribution is -1.60. The minimum Gasteiger partial charge on any atom is -0.512 e. The summed E-state index contributed by atoms with van der Waals surface area (Å²) < 4.78 is 4.44. The van der Waals surface area contributed by atoms with Crippen LogP contribution in [0.2, 0.25) is 0 Å². The molecule has 0 heterocycles. The van der Waals surface area contributed by atoms with E-state index in [1.165, 1.54) is 11.7 Å². The fourth-order valence-electron chi connectivity index (χ4n) is 0.116. The van der Waals surface area contributed by atoms with E-state index in [-0.39, 0.29) is 0 Å². The summed E-state index contributed by atoms with van der Waals surface area (Å²) in [6, 6.07) is 0. The second-order valence-electron chi connectivity index (χ2n) is 0.706. The van der Waals surface area contributed by atoms with Crippen LogP contribution in [0.25, 0.3) is 0 Å². The van der Waals surface area contributed by atoms with Gasteiger partial charge in [0.05, 0.1) is 6.26 Å². The van der Waals surface area contributed by atoms with E-state index < -0.39 is 0 Å². The van der Waals surface area contributed by atoms with Gasteiger partial charge in [0.15, 0.2) is 0 Å². The van der Waals surface area contributed by atoms with Gasteiger partial charge in [0.2, 0.25) is 0 Å². The molecule has 40 valence electrons. The van der Waals surface area contributed by atoms with E-state index in [4.69, 9.17) is 5.11 Å². The van der Waals surface area contributed by atoms with Crippen LogP contribution in [0.4, 0.5) is 0 Å². The van der Waals surface area contributed by atoms with Crippen molar-refractivity contribution in [2.24, 2.45) is 0 Å². The maximum atomic E-state index is 7.93. The molecule has 0 aromatic heterocycles. The molecule has 1 N–H and O–H groups in total. The van der Waals surface area contributed by atoms with E-state index in [0.29, 0.717) is 0 Å². The van der Waals surface area contributed by atoms with E-state index in [1.807, 2.05) is 0 Å². The first-order valence-electron chi connectivity index (χ1n) is 1.65. The maximum absolute atomic E-state index is 7.93. The third kappa shape index (κ3) is 5.43. The number of aliphatic hydroxyl groups is 1. The molecule has 0 bridgehead atoms. The Morgan fingerprint density at radius 1 is 1.43 bits per heavy atom. The van der Waals surface area contributed by atoms with Crippen molar-refractivity contribution in [3.63, 3.8) is 0 Å². The Kier molecular flexibility index (Phi) is 4.99. The van der Waals surface area contributed by atoms with Crippen molar-refractivity contribution in [3.05, 3.63) is 24.2 Å². The highest BCUT2D eigenvalue weighted by Gasteiger charge is 1.59. The summed E-state index contributed by atoms with van der Waals surface area (Å²) >= 11 is 3.67. The van der Waals surface area contributed by atoms with E-state index >= 15 is 0 Å². The first-order valence-corrected chi connectivity index (χ1v) is 2.17. The van der Waals surface area contributed by atoms with E-state index in [0.717, 1.165) is 12.5 Å². The summed E-state index contributed by atoms with van der Waals surface area (Å²) in [7, 11) is 0. The summed E-state index contributed by atoms with van der Waals surface area (Å²) in [5, 5.41) is 9.35. The van der Waals surface area contributed by atoms with Crippen LogP contribution >= 0.6 is 12.6 Å². The minimum absolute atomic E-state index is 0.799. The SMILES string of the molecule is OC=COC=CS. The molecule has 0 aromatic rings. The molecule has 0 aliphatic heterocycles. The molecule has 2 nitrogen and oxygen atoms in total. The zero-order chi connectivity index (χ0) is 5.54. The summed E-state index contributed by atoms with van der Waals surface area (Å²) in [4.78, 5) is 0. The maximum Gasteiger partial charge on any atom is 0.124 e. The Hall–Kier alpha value is -0.570. The molecule has 0 saturated heterocycles. The van der Waals surface area contributed by atoms with Crippen molar-refractivity contribution in [2.45, 2.75) is 0 Å². The summed E-state index contributed by atoms with van der Waals surface area (Å²) in [6.45, 7) is 0. The fraction of sp³-hybridized carbons (Fsp3) is 0. The van der Waals surface area contributed by atoms with E-state index in [9.17, 15) is 0 Å². The highest BCUT2D eigenvalue weighted by molar-refractivity contribution is 7.83. The lowest BCUT2D eigenvalue weighted by atomic mass is 11.0. The zero-order valence-corrected chi connectivity index (χ0v) is 4.51. The number of hydrogen-bond acceptors (Lipinski definition) is 3. The van der Waals surface area contributed by atoms with Crippen molar-refractivity contribution in [1.29, 1.82) is 0 Å². The van der Waals surface area contributed by atoms with Gasteiger partial charge in [-0.2, -0.15) is 0 Å². The highest BCUT2D eigenvalue weighted by atomic mass is 32.1.